The van der Waals surface area contributed by atoms with Crippen LogP contribution in [0.4, 0.5) is 0 Å². The maximum absolute atomic E-state index is 12.1. The van der Waals surface area contributed by atoms with Crippen LogP contribution >= 0.6 is 0 Å². The fourth-order valence-electron chi connectivity index (χ4n) is 12.2. The minimum atomic E-state index is -1.25. The monoisotopic (exact) mass is 634 g/mol. The van der Waals surface area contributed by atoms with Crippen molar-refractivity contribution in [2.75, 3.05) is 6.61 Å². The number of aldehydes is 2. The predicted molar refractivity (Wildman–Crippen MR) is 167 cm³/mol. The van der Waals surface area contributed by atoms with Gasteiger partial charge in [-0.1, -0.05) is 28.2 Å². The topological polar surface area (TPSA) is 129 Å². The van der Waals surface area contributed by atoms with E-state index in [1.807, 2.05) is 0 Å². The van der Waals surface area contributed by atoms with Gasteiger partial charge in [-0.25, -0.2) is 0 Å². The largest absolute Gasteiger partial charge is 0.457 e. The standard InChI is InChI=1S/C35H54O9.CH4/c1-20(38)42-30(32(4,5)40)23-9-7-22-29(43-23)28(39)27-21-8-10-24-31(2,3)25(44-26(12-16-36)41-18-17-37)11-13-35(24)19-34(21,35)15-14-33(22,27)6;/h16-17,21-30,39-40H,7-15,18-19H2,1-6H3;1H4/t21?,22?,23?,24?,25?,26?,27?,28-,29?,30+,33?,34+,35?;/m1./s1. The van der Waals surface area contributed by atoms with Crippen LogP contribution in [0.15, 0.2) is 0 Å². The summed E-state index contributed by atoms with van der Waals surface area (Å²) in [7, 11) is 0. The van der Waals surface area contributed by atoms with Crippen molar-refractivity contribution in [1.29, 1.82) is 0 Å². The van der Waals surface area contributed by atoms with E-state index in [9.17, 15) is 24.6 Å². The van der Waals surface area contributed by atoms with Crippen LogP contribution < -0.4 is 0 Å². The minimum Gasteiger partial charge on any atom is -0.457 e. The van der Waals surface area contributed by atoms with E-state index in [1.165, 1.54) is 19.8 Å². The quantitative estimate of drug-likeness (QED) is 0.193. The summed E-state index contributed by atoms with van der Waals surface area (Å²) < 4.78 is 24.2. The van der Waals surface area contributed by atoms with Crippen molar-refractivity contribution in [2.24, 2.45) is 45.3 Å². The molecule has 0 aromatic carbocycles. The third-order valence-electron chi connectivity index (χ3n) is 13.9. The number of aliphatic hydroxyl groups is 2. The summed E-state index contributed by atoms with van der Waals surface area (Å²) >= 11 is 0. The number of hydrogen-bond donors (Lipinski definition) is 2. The molecule has 0 aromatic rings. The number of carbonyl (C=O) groups is 3. The van der Waals surface area contributed by atoms with E-state index in [4.69, 9.17) is 18.9 Å². The van der Waals surface area contributed by atoms with Gasteiger partial charge in [0.1, 0.15) is 19.2 Å². The number of ether oxygens (including phenoxy) is 4. The summed E-state index contributed by atoms with van der Waals surface area (Å²) in [6.45, 7) is 11.6. The fraction of sp³-hybridized carbons (Fsp3) is 0.917. The molecule has 256 valence electrons. The number of esters is 1. The van der Waals surface area contributed by atoms with Gasteiger partial charge in [-0.3, -0.25) is 4.79 Å². The van der Waals surface area contributed by atoms with Crippen molar-refractivity contribution in [2.45, 2.75) is 156 Å². The molecular formula is C36H58O9. The van der Waals surface area contributed by atoms with Gasteiger partial charge in [-0.2, -0.15) is 0 Å². The zero-order valence-corrected chi connectivity index (χ0v) is 27.5. The molecule has 6 fully saturated rings. The third kappa shape index (κ3) is 5.26. The zero-order chi connectivity index (χ0) is 31.9. The highest BCUT2D eigenvalue weighted by molar-refractivity contribution is 5.66. The first-order valence-electron chi connectivity index (χ1n) is 17.0. The fourth-order valence-corrected chi connectivity index (χ4v) is 12.2. The highest BCUT2D eigenvalue weighted by Gasteiger charge is 2.81. The molecule has 0 bridgehead atoms. The normalized spacial score (nSPS) is 45.6. The third-order valence-corrected chi connectivity index (χ3v) is 13.9. The Morgan fingerprint density at radius 3 is 2.36 bits per heavy atom. The molecule has 0 aromatic heterocycles. The van der Waals surface area contributed by atoms with Crippen molar-refractivity contribution in [1.82, 2.24) is 0 Å². The maximum atomic E-state index is 12.1. The number of fused-ring (bicyclic) bond motifs is 4. The van der Waals surface area contributed by atoms with Gasteiger partial charge in [-0.15, -0.1) is 0 Å². The van der Waals surface area contributed by atoms with Crippen molar-refractivity contribution in [3.63, 3.8) is 0 Å². The smallest absolute Gasteiger partial charge is 0.303 e. The van der Waals surface area contributed by atoms with Crippen molar-refractivity contribution >= 4 is 18.5 Å². The Morgan fingerprint density at radius 2 is 1.71 bits per heavy atom. The van der Waals surface area contributed by atoms with Gasteiger partial charge in [0.2, 0.25) is 0 Å². The van der Waals surface area contributed by atoms with E-state index in [0.717, 1.165) is 44.8 Å². The zero-order valence-electron chi connectivity index (χ0n) is 27.5. The summed E-state index contributed by atoms with van der Waals surface area (Å²) in [5.41, 5.74) is -0.917. The minimum absolute atomic E-state index is 0. The van der Waals surface area contributed by atoms with Crippen LogP contribution in [0.5, 0.6) is 0 Å². The number of aliphatic hydroxyl groups excluding tert-OH is 1. The molecule has 1 saturated heterocycles. The van der Waals surface area contributed by atoms with Crippen LogP contribution in [0.1, 0.15) is 113 Å². The van der Waals surface area contributed by atoms with Crippen LogP contribution in [-0.2, 0) is 33.3 Å². The Bertz CT molecular complexity index is 1130. The average Bonchev–Trinajstić information content (AvgIpc) is 3.56. The molecule has 2 spiro atoms. The average molecular weight is 635 g/mol. The molecule has 0 amide bonds. The van der Waals surface area contributed by atoms with Crippen molar-refractivity contribution in [3.8, 4) is 0 Å². The van der Waals surface area contributed by atoms with E-state index < -0.39 is 36.2 Å². The molecule has 10 unspecified atom stereocenters. The molecular weight excluding hydrogens is 576 g/mol. The first-order chi connectivity index (χ1) is 20.7. The van der Waals surface area contributed by atoms with Gasteiger partial charge in [0.25, 0.3) is 0 Å². The van der Waals surface area contributed by atoms with Crippen LogP contribution in [0.2, 0.25) is 0 Å². The van der Waals surface area contributed by atoms with Gasteiger partial charge < -0.3 is 38.7 Å². The lowest BCUT2D eigenvalue weighted by molar-refractivity contribution is -0.226. The maximum Gasteiger partial charge on any atom is 0.303 e. The highest BCUT2D eigenvalue weighted by atomic mass is 16.7. The molecule has 5 aliphatic carbocycles. The second kappa shape index (κ2) is 11.9. The van der Waals surface area contributed by atoms with E-state index in [-0.39, 0.29) is 66.2 Å². The van der Waals surface area contributed by atoms with E-state index >= 15 is 0 Å². The summed E-state index contributed by atoms with van der Waals surface area (Å²) in [5.74, 6) is 0.875. The molecule has 1 heterocycles. The molecule has 0 radical (unpaired) electrons. The SMILES string of the molecule is C.CC(=O)O[C@@H](C1CCC2C(O1)[C@H](O)C1C3CCC4C(C)(C)C(OC(CC=O)OCC=O)CCC45C[C@@]35CCC21C)C(C)(C)O. The molecule has 13 atom stereocenters. The Kier molecular flexibility index (Phi) is 9.27. The Labute approximate surface area is 269 Å². The van der Waals surface area contributed by atoms with Crippen LogP contribution in [-0.4, -0.2) is 77.8 Å². The Balaban J connectivity index is 0.00000400. The number of hydrogen-bond acceptors (Lipinski definition) is 9. The lowest BCUT2D eigenvalue weighted by Crippen LogP contribution is -2.56. The molecule has 9 nitrogen and oxygen atoms in total. The Morgan fingerprint density at radius 1 is 1.00 bits per heavy atom. The van der Waals surface area contributed by atoms with Crippen LogP contribution in [0, 0.1) is 45.3 Å². The highest BCUT2D eigenvalue weighted by Crippen LogP contribution is 2.87. The molecule has 9 heteroatoms. The predicted octanol–water partition coefficient (Wildman–Crippen LogP) is 5.02. The second-order valence-corrected chi connectivity index (χ2v) is 16.6. The number of rotatable bonds is 10. The van der Waals surface area contributed by atoms with Crippen molar-refractivity contribution < 1.29 is 43.5 Å². The van der Waals surface area contributed by atoms with E-state index in [0.29, 0.717) is 24.5 Å². The van der Waals surface area contributed by atoms with Gasteiger partial charge in [0.05, 0.1) is 36.4 Å². The first-order valence-corrected chi connectivity index (χ1v) is 17.0. The lowest BCUT2D eigenvalue weighted by Gasteiger charge is -2.60. The molecule has 6 aliphatic rings. The summed E-state index contributed by atoms with van der Waals surface area (Å²) in [6, 6.07) is 0. The summed E-state index contributed by atoms with van der Waals surface area (Å²) in [5, 5.41) is 23.0. The molecule has 6 rings (SSSR count). The first kappa shape index (κ1) is 34.9. The second-order valence-electron chi connectivity index (χ2n) is 16.6. The lowest BCUT2D eigenvalue weighted by atomic mass is 9.46. The number of carbonyl (C=O) groups excluding carboxylic acids is 3. The van der Waals surface area contributed by atoms with Gasteiger partial charge in [0.15, 0.2) is 12.4 Å². The van der Waals surface area contributed by atoms with Gasteiger partial charge in [0, 0.05) is 6.92 Å². The Hall–Kier alpha value is -1.39. The van der Waals surface area contributed by atoms with Crippen LogP contribution in [0.25, 0.3) is 0 Å². The van der Waals surface area contributed by atoms with Crippen molar-refractivity contribution in [3.05, 3.63) is 0 Å². The summed E-state index contributed by atoms with van der Waals surface area (Å²) in [6.07, 6.45) is 7.86. The van der Waals surface area contributed by atoms with Gasteiger partial charge >= 0.3 is 5.97 Å². The summed E-state index contributed by atoms with van der Waals surface area (Å²) in [4.78, 5) is 34.1. The van der Waals surface area contributed by atoms with Gasteiger partial charge in [-0.05, 0) is 117 Å². The van der Waals surface area contributed by atoms with E-state index in [2.05, 4.69) is 20.8 Å². The molecule has 45 heavy (non-hydrogen) atoms. The molecule has 2 N–H and O–H groups in total. The van der Waals surface area contributed by atoms with Crippen LogP contribution in [0.3, 0.4) is 0 Å². The van der Waals surface area contributed by atoms with E-state index in [1.54, 1.807) is 13.8 Å². The molecule has 5 saturated carbocycles. The molecule has 1 aliphatic heterocycles.